The van der Waals surface area contributed by atoms with Gasteiger partial charge in [-0.2, -0.15) is 0 Å². The summed E-state index contributed by atoms with van der Waals surface area (Å²) in [5.74, 6) is -1.27. The number of carboxylic acid groups (broad SMARTS) is 1. The largest absolute Gasteiger partial charge is 0.478 e. The summed E-state index contributed by atoms with van der Waals surface area (Å²) >= 11 is 0. The molecular formula is C17H19NO4. The lowest BCUT2D eigenvalue weighted by Crippen LogP contribution is -2.08. The molecule has 0 radical (unpaired) electrons. The molecule has 1 aromatic carbocycles. The number of carbonyl (C=O) groups is 2. The fourth-order valence-corrected chi connectivity index (χ4v) is 2.22. The number of aromatic nitrogens is 1. The Bertz CT molecular complexity index is 688. The van der Waals surface area contributed by atoms with E-state index in [2.05, 4.69) is 0 Å². The van der Waals surface area contributed by atoms with Gasteiger partial charge in [-0.3, -0.25) is 0 Å². The summed E-state index contributed by atoms with van der Waals surface area (Å²) in [5.41, 5.74) is 2.40. The first kappa shape index (κ1) is 15.8. The first-order chi connectivity index (χ1) is 10.5. The molecule has 0 unspecified atom stereocenters. The van der Waals surface area contributed by atoms with Gasteiger partial charge in [0, 0.05) is 18.4 Å². The van der Waals surface area contributed by atoms with Gasteiger partial charge in [-0.25, -0.2) is 9.59 Å². The maximum Gasteiger partial charge on any atom is 0.338 e. The molecule has 0 aliphatic rings. The van der Waals surface area contributed by atoms with Crippen molar-refractivity contribution in [3.05, 3.63) is 58.9 Å². The highest BCUT2D eigenvalue weighted by Crippen LogP contribution is 2.14. The van der Waals surface area contributed by atoms with Gasteiger partial charge < -0.3 is 14.4 Å². The maximum absolute atomic E-state index is 11.9. The lowest BCUT2D eigenvalue weighted by molar-refractivity contribution is 0.0504. The number of carboxylic acids is 1. The van der Waals surface area contributed by atoms with Crippen LogP contribution >= 0.6 is 0 Å². The van der Waals surface area contributed by atoms with Crippen molar-refractivity contribution in [1.82, 2.24) is 4.57 Å². The molecule has 0 amide bonds. The Kier molecular flexibility index (Phi) is 4.99. The lowest BCUT2D eigenvalue weighted by atomic mass is 10.1. The number of carbonyl (C=O) groups excluding carboxylic acids is 1. The van der Waals surface area contributed by atoms with Gasteiger partial charge >= 0.3 is 11.9 Å². The van der Waals surface area contributed by atoms with Gasteiger partial charge in [-0.15, -0.1) is 0 Å². The third-order valence-corrected chi connectivity index (χ3v) is 3.43. The summed E-state index contributed by atoms with van der Waals surface area (Å²) in [4.78, 5) is 22.9. The average molecular weight is 301 g/mol. The minimum absolute atomic E-state index is 0.290. The predicted molar refractivity (Wildman–Crippen MR) is 82.2 cm³/mol. The normalized spacial score (nSPS) is 10.5. The van der Waals surface area contributed by atoms with E-state index in [1.807, 2.05) is 17.6 Å². The van der Waals surface area contributed by atoms with E-state index in [-0.39, 0.29) is 5.97 Å². The summed E-state index contributed by atoms with van der Waals surface area (Å²) in [7, 11) is 0. The average Bonchev–Trinajstić information content (AvgIpc) is 2.86. The molecule has 5 heteroatoms. The fourth-order valence-electron chi connectivity index (χ4n) is 2.22. The standard InChI is InChI=1S/C17H19NO4/c1-3-9-22-17(21)14-6-4-5-13(10-14)11-18-8-7-15(12(18)2)16(19)20/h4-8,10H,3,9,11H2,1-2H3,(H,19,20). The number of ether oxygens (including phenoxy) is 1. The molecule has 0 bridgehead atoms. The molecule has 1 heterocycles. The maximum atomic E-state index is 11.9. The zero-order valence-electron chi connectivity index (χ0n) is 12.7. The van der Waals surface area contributed by atoms with E-state index >= 15 is 0 Å². The van der Waals surface area contributed by atoms with Gasteiger partial charge in [-0.1, -0.05) is 19.1 Å². The monoisotopic (exact) mass is 301 g/mol. The van der Waals surface area contributed by atoms with Crippen molar-refractivity contribution in [3.63, 3.8) is 0 Å². The van der Waals surface area contributed by atoms with Crippen molar-refractivity contribution in [2.75, 3.05) is 6.61 Å². The van der Waals surface area contributed by atoms with Gasteiger partial charge in [0.05, 0.1) is 17.7 Å². The SMILES string of the molecule is CCCOC(=O)c1cccc(Cn2ccc(C(=O)O)c2C)c1. The summed E-state index contributed by atoms with van der Waals surface area (Å²) in [6, 6.07) is 8.77. The molecule has 0 saturated heterocycles. The van der Waals surface area contributed by atoms with E-state index in [0.29, 0.717) is 30.0 Å². The van der Waals surface area contributed by atoms with E-state index in [1.54, 1.807) is 37.4 Å². The Morgan fingerprint density at radius 3 is 2.68 bits per heavy atom. The van der Waals surface area contributed by atoms with Crippen LogP contribution in [0.1, 0.15) is 45.3 Å². The van der Waals surface area contributed by atoms with Crippen molar-refractivity contribution in [2.45, 2.75) is 26.8 Å². The molecule has 1 aromatic heterocycles. The van der Waals surface area contributed by atoms with Crippen LogP contribution in [0.15, 0.2) is 36.5 Å². The van der Waals surface area contributed by atoms with Crippen LogP contribution in [0.5, 0.6) is 0 Å². The van der Waals surface area contributed by atoms with Crippen LogP contribution in [0.4, 0.5) is 0 Å². The molecule has 0 saturated carbocycles. The summed E-state index contributed by atoms with van der Waals surface area (Å²) in [6.07, 6.45) is 2.52. The molecule has 0 spiro atoms. The zero-order chi connectivity index (χ0) is 16.1. The Morgan fingerprint density at radius 2 is 2.05 bits per heavy atom. The highest BCUT2D eigenvalue weighted by atomic mass is 16.5. The molecule has 22 heavy (non-hydrogen) atoms. The second-order valence-corrected chi connectivity index (χ2v) is 5.08. The number of esters is 1. The smallest absolute Gasteiger partial charge is 0.338 e. The summed E-state index contributed by atoms with van der Waals surface area (Å²) in [5, 5.41) is 9.07. The van der Waals surface area contributed by atoms with Crippen LogP contribution < -0.4 is 0 Å². The first-order valence-electron chi connectivity index (χ1n) is 7.18. The molecule has 1 N–H and O–H groups in total. The minimum atomic E-state index is -0.937. The number of nitrogens with zero attached hydrogens (tertiary/aromatic N) is 1. The van der Waals surface area contributed by atoms with Crippen molar-refractivity contribution in [2.24, 2.45) is 0 Å². The third-order valence-electron chi connectivity index (χ3n) is 3.43. The number of benzene rings is 1. The summed E-state index contributed by atoms with van der Waals surface area (Å²) < 4.78 is 6.97. The van der Waals surface area contributed by atoms with Crippen LogP contribution in [0.3, 0.4) is 0 Å². The first-order valence-corrected chi connectivity index (χ1v) is 7.18. The van der Waals surface area contributed by atoms with E-state index in [9.17, 15) is 9.59 Å². The Labute approximate surface area is 129 Å². The second-order valence-electron chi connectivity index (χ2n) is 5.08. The van der Waals surface area contributed by atoms with Gasteiger partial charge in [0.15, 0.2) is 0 Å². The highest BCUT2D eigenvalue weighted by Gasteiger charge is 2.12. The molecule has 0 aliphatic heterocycles. The van der Waals surface area contributed by atoms with Crippen LogP contribution in [-0.4, -0.2) is 28.2 Å². The fraction of sp³-hybridized carbons (Fsp3) is 0.294. The molecule has 0 atom stereocenters. The van der Waals surface area contributed by atoms with E-state index < -0.39 is 5.97 Å². The minimum Gasteiger partial charge on any atom is -0.478 e. The van der Waals surface area contributed by atoms with Crippen molar-refractivity contribution < 1.29 is 19.4 Å². The molecule has 5 nitrogen and oxygen atoms in total. The molecule has 0 aliphatic carbocycles. The second kappa shape index (κ2) is 6.93. The van der Waals surface area contributed by atoms with Crippen LogP contribution in [0, 0.1) is 6.92 Å². The van der Waals surface area contributed by atoms with Crippen molar-refractivity contribution >= 4 is 11.9 Å². The molecular weight excluding hydrogens is 282 g/mol. The zero-order valence-corrected chi connectivity index (χ0v) is 12.7. The number of hydrogen-bond acceptors (Lipinski definition) is 3. The Balaban J connectivity index is 2.17. The van der Waals surface area contributed by atoms with Crippen LogP contribution in [0.2, 0.25) is 0 Å². The van der Waals surface area contributed by atoms with Gasteiger partial charge in [0.1, 0.15) is 0 Å². The van der Waals surface area contributed by atoms with E-state index in [0.717, 1.165) is 12.0 Å². The number of aromatic carboxylic acids is 1. The van der Waals surface area contributed by atoms with Crippen molar-refractivity contribution in [1.29, 1.82) is 0 Å². The topological polar surface area (TPSA) is 68.5 Å². The summed E-state index contributed by atoms with van der Waals surface area (Å²) in [6.45, 7) is 4.62. The Hall–Kier alpha value is -2.56. The molecule has 0 fully saturated rings. The molecule has 2 rings (SSSR count). The van der Waals surface area contributed by atoms with Crippen molar-refractivity contribution in [3.8, 4) is 0 Å². The number of hydrogen-bond donors (Lipinski definition) is 1. The quantitative estimate of drug-likeness (QED) is 0.832. The molecule has 116 valence electrons. The highest BCUT2D eigenvalue weighted by molar-refractivity contribution is 5.90. The van der Waals surface area contributed by atoms with Gasteiger partial charge in [0.25, 0.3) is 0 Å². The van der Waals surface area contributed by atoms with Gasteiger partial charge in [0.2, 0.25) is 0 Å². The predicted octanol–water partition coefficient (Wildman–Crippen LogP) is 3.11. The molecule has 2 aromatic rings. The Morgan fingerprint density at radius 1 is 1.27 bits per heavy atom. The van der Waals surface area contributed by atoms with E-state index in [1.165, 1.54) is 0 Å². The third kappa shape index (κ3) is 3.55. The lowest BCUT2D eigenvalue weighted by Gasteiger charge is -2.09. The van der Waals surface area contributed by atoms with Crippen LogP contribution in [0.25, 0.3) is 0 Å². The van der Waals surface area contributed by atoms with Gasteiger partial charge in [-0.05, 0) is 37.1 Å². The number of rotatable bonds is 6. The van der Waals surface area contributed by atoms with E-state index in [4.69, 9.17) is 9.84 Å². The van der Waals surface area contributed by atoms with Crippen LogP contribution in [-0.2, 0) is 11.3 Å².